The summed E-state index contributed by atoms with van der Waals surface area (Å²) in [5.74, 6) is -0.667. The minimum atomic E-state index is -4.09. The summed E-state index contributed by atoms with van der Waals surface area (Å²) in [6.45, 7) is 2.89. The Kier molecular flexibility index (Phi) is 6.96. The van der Waals surface area contributed by atoms with Crippen LogP contribution < -0.4 is 4.31 Å². The zero-order valence-corrected chi connectivity index (χ0v) is 17.9. The molecule has 0 amide bonds. The monoisotopic (exact) mass is 479 g/mol. The van der Waals surface area contributed by atoms with Crippen molar-refractivity contribution in [3.05, 3.63) is 57.0 Å². The van der Waals surface area contributed by atoms with E-state index in [1.54, 1.807) is 38.1 Å². The molecule has 2 rings (SSSR count). The molecule has 0 saturated carbocycles. The molecule has 5 nitrogen and oxygen atoms in total. The fourth-order valence-electron chi connectivity index (χ4n) is 2.14. The Bertz CT molecular complexity index is 919. The molecular formula is C17H16BrCl2NO4S. The first-order valence-corrected chi connectivity index (χ1v) is 10.5. The number of sulfonamides is 1. The van der Waals surface area contributed by atoms with Crippen molar-refractivity contribution in [1.29, 1.82) is 0 Å². The van der Waals surface area contributed by atoms with E-state index >= 15 is 0 Å². The zero-order valence-electron chi connectivity index (χ0n) is 13.9. The molecule has 0 spiro atoms. The van der Waals surface area contributed by atoms with Gasteiger partial charge in [0.1, 0.15) is 6.54 Å². The molecule has 140 valence electrons. The van der Waals surface area contributed by atoms with Gasteiger partial charge in [-0.2, -0.15) is 0 Å². The van der Waals surface area contributed by atoms with Gasteiger partial charge in [-0.05, 0) is 60.1 Å². The molecule has 2 aromatic rings. The number of anilines is 1. The van der Waals surface area contributed by atoms with Crippen molar-refractivity contribution in [1.82, 2.24) is 0 Å². The summed E-state index contributed by atoms with van der Waals surface area (Å²) < 4.78 is 32.9. The van der Waals surface area contributed by atoms with Crippen LogP contribution in [0.2, 0.25) is 10.0 Å². The van der Waals surface area contributed by atoms with Gasteiger partial charge in [-0.15, -0.1) is 0 Å². The summed E-state index contributed by atoms with van der Waals surface area (Å²) in [6, 6.07) is 10.6. The molecule has 0 N–H and O–H groups in total. The highest BCUT2D eigenvalue weighted by atomic mass is 79.9. The van der Waals surface area contributed by atoms with Crippen LogP contribution in [0.15, 0.2) is 51.8 Å². The van der Waals surface area contributed by atoms with Crippen molar-refractivity contribution in [3.8, 4) is 0 Å². The molecule has 26 heavy (non-hydrogen) atoms. The predicted octanol–water partition coefficient (Wildman–Crippen LogP) is 4.90. The number of hydrogen-bond acceptors (Lipinski definition) is 4. The maximum atomic E-state index is 13.2. The lowest BCUT2D eigenvalue weighted by atomic mass is 10.3. The quantitative estimate of drug-likeness (QED) is 0.551. The van der Waals surface area contributed by atoms with Gasteiger partial charge >= 0.3 is 5.97 Å². The Balaban J connectivity index is 2.53. The van der Waals surface area contributed by atoms with E-state index in [-0.39, 0.29) is 21.0 Å². The third-order valence-corrected chi connectivity index (χ3v) is 6.41. The highest BCUT2D eigenvalue weighted by Gasteiger charge is 2.29. The predicted molar refractivity (Wildman–Crippen MR) is 106 cm³/mol. The van der Waals surface area contributed by atoms with Gasteiger partial charge in [0.15, 0.2) is 0 Å². The Morgan fingerprint density at radius 1 is 1.15 bits per heavy atom. The second-order valence-electron chi connectivity index (χ2n) is 5.58. The highest BCUT2D eigenvalue weighted by molar-refractivity contribution is 9.10. The Morgan fingerprint density at radius 2 is 1.81 bits per heavy atom. The number of hydrogen-bond donors (Lipinski definition) is 0. The summed E-state index contributed by atoms with van der Waals surface area (Å²) in [5.41, 5.74) is 0.305. The average Bonchev–Trinajstić information content (AvgIpc) is 2.55. The number of benzene rings is 2. The Labute approximate surface area is 171 Å². The first kappa shape index (κ1) is 21.0. The molecule has 0 aromatic heterocycles. The van der Waals surface area contributed by atoms with Crippen LogP contribution >= 0.6 is 39.1 Å². The van der Waals surface area contributed by atoms with Gasteiger partial charge in [-0.3, -0.25) is 9.10 Å². The summed E-state index contributed by atoms with van der Waals surface area (Å²) in [7, 11) is -4.09. The van der Waals surface area contributed by atoms with Gasteiger partial charge < -0.3 is 4.74 Å². The number of rotatable bonds is 6. The second-order valence-corrected chi connectivity index (χ2v) is 9.11. The van der Waals surface area contributed by atoms with Crippen molar-refractivity contribution in [2.45, 2.75) is 24.8 Å². The summed E-state index contributed by atoms with van der Waals surface area (Å²) in [6.07, 6.45) is -0.365. The fourth-order valence-corrected chi connectivity index (χ4v) is 4.57. The molecule has 0 unspecified atom stereocenters. The molecule has 0 aliphatic heterocycles. The number of esters is 1. The molecule has 0 atom stereocenters. The number of ether oxygens (including phenoxy) is 1. The molecule has 0 aliphatic carbocycles. The van der Waals surface area contributed by atoms with Gasteiger partial charge in [0, 0.05) is 4.47 Å². The smallest absolute Gasteiger partial charge is 0.327 e. The van der Waals surface area contributed by atoms with E-state index in [0.717, 1.165) is 4.31 Å². The zero-order chi connectivity index (χ0) is 19.5. The van der Waals surface area contributed by atoms with E-state index in [4.69, 9.17) is 27.9 Å². The summed E-state index contributed by atoms with van der Waals surface area (Å²) >= 11 is 15.2. The lowest BCUT2D eigenvalue weighted by Crippen LogP contribution is -2.37. The number of halogens is 3. The summed E-state index contributed by atoms with van der Waals surface area (Å²) in [5, 5.41) is 0.335. The van der Waals surface area contributed by atoms with Crippen LogP contribution in [-0.4, -0.2) is 27.0 Å². The minimum absolute atomic E-state index is 0.0833. The highest BCUT2D eigenvalue weighted by Crippen LogP contribution is 2.32. The molecule has 0 saturated heterocycles. The lowest BCUT2D eigenvalue weighted by molar-refractivity contribution is -0.145. The second kappa shape index (κ2) is 8.61. The molecule has 0 radical (unpaired) electrons. The maximum Gasteiger partial charge on any atom is 0.327 e. The van der Waals surface area contributed by atoms with Crippen LogP contribution in [0.5, 0.6) is 0 Å². The minimum Gasteiger partial charge on any atom is -0.462 e. The van der Waals surface area contributed by atoms with E-state index in [1.807, 2.05) is 0 Å². The SMILES string of the molecule is CC(C)OC(=O)CN(c1ccccc1Br)S(=O)(=O)c1ccc(Cl)c(Cl)c1. The lowest BCUT2D eigenvalue weighted by Gasteiger charge is -2.25. The number of carbonyl (C=O) groups excluding carboxylic acids is 1. The Hall–Kier alpha value is -1.28. The Morgan fingerprint density at radius 3 is 2.38 bits per heavy atom. The summed E-state index contributed by atoms with van der Waals surface area (Å²) in [4.78, 5) is 12.1. The first-order valence-electron chi connectivity index (χ1n) is 7.54. The van der Waals surface area contributed by atoms with Crippen molar-refractivity contribution < 1.29 is 17.9 Å². The third kappa shape index (κ3) is 4.91. The van der Waals surface area contributed by atoms with Crippen LogP contribution in [0.4, 0.5) is 5.69 Å². The fraction of sp³-hybridized carbons (Fsp3) is 0.235. The van der Waals surface area contributed by atoms with Crippen LogP contribution in [0, 0.1) is 0 Å². The van der Waals surface area contributed by atoms with E-state index in [9.17, 15) is 13.2 Å². The van der Waals surface area contributed by atoms with Gasteiger partial charge in [-0.1, -0.05) is 35.3 Å². The van der Waals surface area contributed by atoms with Crippen LogP contribution in [0.3, 0.4) is 0 Å². The van der Waals surface area contributed by atoms with E-state index in [1.165, 1.54) is 18.2 Å². The van der Waals surface area contributed by atoms with Gasteiger partial charge in [0.25, 0.3) is 10.0 Å². The molecule has 9 heteroatoms. The van der Waals surface area contributed by atoms with Crippen LogP contribution in [0.25, 0.3) is 0 Å². The van der Waals surface area contributed by atoms with E-state index in [0.29, 0.717) is 10.2 Å². The van der Waals surface area contributed by atoms with Crippen LogP contribution in [0.1, 0.15) is 13.8 Å². The molecule has 0 aliphatic rings. The number of carbonyl (C=O) groups is 1. The topological polar surface area (TPSA) is 63.7 Å². The normalized spacial score (nSPS) is 11.5. The maximum absolute atomic E-state index is 13.2. The van der Waals surface area contributed by atoms with Crippen molar-refractivity contribution in [3.63, 3.8) is 0 Å². The molecule has 0 fully saturated rings. The van der Waals surface area contributed by atoms with Gasteiger partial charge in [0.2, 0.25) is 0 Å². The molecule has 0 bridgehead atoms. The standard InChI is InChI=1S/C17H16BrCl2NO4S/c1-11(2)25-17(22)10-21(16-6-4-3-5-13(16)18)26(23,24)12-7-8-14(19)15(20)9-12/h3-9,11H,10H2,1-2H3. The third-order valence-electron chi connectivity index (χ3n) is 3.24. The molecule has 2 aromatic carbocycles. The van der Waals surface area contributed by atoms with Gasteiger partial charge in [-0.25, -0.2) is 8.42 Å². The van der Waals surface area contributed by atoms with Crippen molar-refractivity contribution in [2.24, 2.45) is 0 Å². The first-order chi connectivity index (χ1) is 12.1. The number of para-hydroxylation sites is 1. The van der Waals surface area contributed by atoms with E-state index in [2.05, 4.69) is 15.9 Å². The van der Waals surface area contributed by atoms with Crippen molar-refractivity contribution >= 4 is 60.8 Å². The van der Waals surface area contributed by atoms with E-state index < -0.39 is 22.5 Å². The van der Waals surface area contributed by atoms with Gasteiger partial charge in [0.05, 0.1) is 26.7 Å². The largest absolute Gasteiger partial charge is 0.462 e. The molecule has 0 heterocycles. The van der Waals surface area contributed by atoms with Crippen LogP contribution in [-0.2, 0) is 19.6 Å². The van der Waals surface area contributed by atoms with Crippen molar-refractivity contribution in [2.75, 3.05) is 10.8 Å². The number of nitrogens with zero attached hydrogens (tertiary/aromatic N) is 1. The average molecular weight is 481 g/mol. The molecular weight excluding hydrogens is 465 g/mol.